The van der Waals surface area contributed by atoms with Crippen molar-refractivity contribution in [3.8, 4) is 0 Å². The van der Waals surface area contributed by atoms with Crippen LogP contribution in [-0.2, 0) is 0 Å². The van der Waals surface area contributed by atoms with Crippen molar-refractivity contribution in [1.82, 2.24) is 0 Å². The van der Waals surface area contributed by atoms with Crippen molar-refractivity contribution in [2.45, 2.75) is 42.2 Å². The van der Waals surface area contributed by atoms with Crippen LogP contribution in [0.1, 0.15) is 0 Å². The third kappa shape index (κ3) is 3.94. The average Bonchev–Trinajstić information content (AvgIpc) is 2.27. The van der Waals surface area contributed by atoms with Crippen LogP contribution >= 0.6 is 0 Å². The van der Waals surface area contributed by atoms with Crippen molar-refractivity contribution in [1.29, 1.82) is 0 Å². The molecular weight excluding hydrogens is 431 g/mol. The van der Waals surface area contributed by atoms with Crippen LogP contribution in [0.25, 0.3) is 0 Å². The molecule has 0 heterocycles. The van der Waals surface area contributed by atoms with Gasteiger partial charge in [0.1, 0.15) is 0 Å². The standard InChI is InChI=1S/C9HF17/c10-3(11,12)1-2(4(13,6(15,16)17)7(18,19)20)5(14,8(21,22)23)9(24,25)26/h1H. The molecule has 0 radical (unpaired) electrons. The predicted octanol–water partition coefficient (Wildman–Crippen LogP) is 6.14. The van der Waals surface area contributed by atoms with Gasteiger partial charge in [-0.25, -0.2) is 8.78 Å². The first kappa shape index (κ1) is 24.6. The van der Waals surface area contributed by atoms with Gasteiger partial charge in [-0.2, -0.15) is 65.9 Å². The van der Waals surface area contributed by atoms with Gasteiger partial charge in [-0.15, -0.1) is 0 Å². The lowest BCUT2D eigenvalue weighted by Gasteiger charge is -2.40. The first-order valence-corrected chi connectivity index (χ1v) is 5.29. The van der Waals surface area contributed by atoms with Gasteiger partial charge < -0.3 is 0 Å². The molecule has 0 saturated carbocycles. The molecule has 0 bridgehead atoms. The summed E-state index contributed by atoms with van der Waals surface area (Å²) in [5.74, 6) is 0. The van der Waals surface area contributed by atoms with E-state index in [0.717, 1.165) is 0 Å². The van der Waals surface area contributed by atoms with Crippen LogP contribution in [0.4, 0.5) is 74.6 Å². The third-order valence-electron chi connectivity index (χ3n) is 2.61. The lowest BCUT2D eigenvalue weighted by molar-refractivity contribution is -0.364. The number of hydrogen-bond donors (Lipinski definition) is 0. The quantitative estimate of drug-likeness (QED) is 0.363. The Morgan fingerprint density at radius 3 is 0.692 bits per heavy atom. The third-order valence-corrected chi connectivity index (χ3v) is 2.61. The summed E-state index contributed by atoms with van der Waals surface area (Å²) in [6.45, 7) is 0. The van der Waals surface area contributed by atoms with E-state index in [9.17, 15) is 74.6 Å². The molecule has 0 spiro atoms. The highest BCUT2D eigenvalue weighted by Gasteiger charge is 2.86. The molecule has 0 aliphatic heterocycles. The highest BCUT2D eigenvalue weighted by atomic mass is 19.4. The van der Waals surface area contributed by atoms with Crippen molar-refractivity contribution in [2.75, 3.05) is 0 Å². The van der Waals surface area contributed by atoms with Gasteiger partial charge in [0.05, 0.1) is 0 Å². The minimum Gasteiger partial charge on any atom is -0.218 e. The Bertz CT molecular complexity index is 463. The van der Waals surface area contributed by atoms with Gasteiger partial charge in [0.15, 0.2) is 0 Å². The van der Waals surface area contributed by atoms with E-state index in [1.165, 1.54) is 0 Å². The number of hydrogen-bond acceptors (Lipinski definition) is 0. The lowest BCUT2D eigenvalue weighted by atomic mass is 9.80. The topological polar surface area (TPSA) is 0 Å². The van der Waals surface area contributed by atoms with Gasteiger partial charge in [0, 0.05) is 11.6 Å². The molecule has 0 N–H and O–H groups in total. The highest BCUT2D eigenvalue weighted by Crippen LogP contribution is 2.61. The maximum atomic E-state index is 13.5. The fourth-order valence-electron chi connectivity index (χ4n) is 1.53. The van der Waals surface area contributed by atoms with E-state index in [1.807, 2.05) is 0 Å². The SMILES string of the molecule is FC(F)(F)C=C(C(F)(C(F)(F)F)C(F)(F)F)C(F)(C(F)(F)F)C(F)(F)F. The van der Waals surface area contributed by atoms with E-state index in [2.05, 4.69) is 0 Å². The van der Waals surface area contributed by atoms with Crippen molar-refractivity contribution < 1.29 is 74.6 Å². The summed E-state index contributed by atoms with van der Waals surface area (Å²) in [7, 11) is 0. The number of alkyl halides is 17. The van der Waals surface area contributed by atoms with E-state index >= 15 is 0 Å². The fraction of sp³-hybridized carbons (Fsp3) is 0.778. The molecule has 156 valence electrons. The minimum absolute atomic E-state index is 3.01. The van der Waals surface area contributed by atoms with Gasteiger partial charge in [-0.3, -0.25) is 0 Å². The fourth-order valence-corrected chi connectivity index (χ4v) is 1.53. The Balaban J connectivity index is 7.47. The van der Waals surface area contributed by atoms with Gasteiger partial charge >= 0.3 is 42.2 Å². The molecule has 0 aromatic rings. The molecule has 0 aromatic carbocycles. The predicted molar refractivity (Wildman–Crippen MR) is 46.0 cm³/mol. The Labute approximate surface area is 130 Å². The Morgan fingerprint density at radius 2 is 0.577 bits per heavy atom. The largest absolute Gasteiger partial charge is 0.435 e. The summed E-state index contributed by atoms with van der Waals surface area (Å²) >= 11 is 0. The Kier molecular flexibility index (Phi) is 5.70. The van der Waals surface area contributed by atoms with E-state index in [-0.39, 0.29) is 0 Å². The van der Waals surface area contributed by atoms with Crippen LogP contribution in [-0.4, -0.2) is 42.2 Å². The molecule has 17 heteroatoms. The van der Waals surface area contributed by atoms with E-state index < -0.39 is 53.9 Å². The monoisotopic (exact) mass is 432 g/mol. The normalized spacial score (nSPS) is 15.9. The number of halogens is 17. The summed E-state index contributed by atoms with van der Waals surface area (Å²) in [5, 5.41) is 0. The summed E-state index contributed by atoms with van der Waals surface area (Å²) in [5.41, 5.74) is -21.3. The van der Waals surface area contributed by atoms with Crippen LogP contribution in [0.5, 0.6) is 0 Å². The average molecular weight is 432 g/mol. The van der Waals surface area contributed by atoms with E-state index in [0.29, 0.717) is 0 Å². The van der Waals surface area contributed by atoms with Gasteiger partial charge in [0.25, 0.3) is 0 Å². The zero-order valence-corrected chi connectivity index (χ0v) is 11.0. The Morgan fingerprint density at radius 1 is 0.385 bits per heavy atom. The van der Waals surface area contributed by atoms with Gasteiger partial charge in [-0.1, -0.05) is 0 Å². The molecule has 26 heavy (non-hydrogen) atoms. The van der Waals surface area contributed by atoms with Crippen LogP contribution < -0.4 is 0 Å². The highest BCUT2D eigenvalue weighted by molar-refractivity contribution is 5.37. The molecular formula is C9HF17. The molecule has 0 aliphatic carbocycles. The zero-order chi connectivity index (χ0) is 21.8. The number of rotatable bonds is 2. The van der Waals surface area contributed by atoms with Crippen molar-refractivity contribution in [3.63, 3.8) is 0 Å². The van der Waals surface area contributed by atoms with Gasteiger partial charge in [0.2, 0.25) is 0 Å². The summed E-state index contributed by atoms with van der Waals surface area (Å²) in [4.78, 5) is 0. The lowest BCUT2D eigenvalue weighted by Crippen LogP contribution is -2.66. The maximum Gasteiger partial charge on any atom is 0.435 e. The number of allylic oxidation sites excluding steroid dienone is 2. The molecule has 0 nitrogen and oxygen atoms in total. The zero-order valence-electron chi connectivity index (χ0n) is 11.0. The Hall–Kier alpha value is -1.45. The van der Waals surface area contributed by atoms with Crippen LogP contribution in [0.15, 0.2) is 11.6 Å². The van der Waals surface area contributed by atoms with E-state index in [4.69, 9.17) is 0 Å². The van der Waals surface area contributed by atoms with E-state index in [1.54, 1.807) is 0 Å². The molecule has 0 unspecified atom stereocenters. The molecule has 0 amide bonds. The second-order valence-electron chi connectivity index (χ2n) is 4.41. The molecule has 0 atom stereocenters. The van der Waals surface area contributed by atoms with Gasteiger partial charge in [-0.05, 0) is 0 Å². The van der Waals surface area contributed by atoms with Crippen LogP contribution in [0.2, 0.25) is 0 Å². The summed E-state index contributed by atoms with van der Waals surface area (Å²) < 4.78 is 211. The second kappa shape index (κ2) is 6.03. The van der Waals surface area contributed by atoms with Crippen molar-refractivity contribution >= 4 is 0 Å². The first-order chi connectivity index (χ1) is 10.8. The van der Waals surface area contributed by atoms with Crippen molar-refractivity contribution in [3.05, 3.63) is 11.6 Å². The minimum atomic E-state index is -7.98. The first-order valence-electron chi connectivity index (χ1n) is 5.29. The molecule has 0 fully saturated rings. The molecule has 0 aliphatic rings. The summed E-state index contributed by atoms with van der Waals surface area (Å²) in [6, 6.07) is 0. The maximum absolute atomic E-state index is 13.5. The van der Waals surface area contributed by atoms with Crippen LogP contribution in [0.3, 0.4) is 0 Å². The van der Waals surface area contributed by atoms with Crippen LogP contribution in [0, 0.1) is 0 Å². The second-order valence-corrected chi connectivity index (χ2v) is 4.41. The molecule has 0 saturated heterocycles. The smallest absolute Gasteiger partial charge is 0.218 e. The van der Waals surface area contributed by atoms with Crippen molar-refractivity contribution in [2.24, 2.45) is 0 Å². The summed E-state index contributed by atoms with van der Waals surface area (Å²) in [6.07, 6.45) is -41.4. The molecule has 0 rings (SSSR count). The molecule has 0 aromatic heterocycles.